The van der Waals surface area contributed by atoms with Gasteiger partial charge < -0.3 is 5.32 Å². The van der Waals surface area contributed by atoms with Crippen molar-refractivity contribution in [2.45, 2.75) is 25.8 Å². The molecule has 2 heteroatoms. The van der Waals surface area contributed by atoms with Gasteiger partial charge in [0.25, 0.3) is 0 Å². The monoisotopic (exact) mass is 292 g/mol. The molecule has 1 saturated heterocycles. The summed E-state index contributed by atoms with van der Waals surface area (Å²) in [6.45, 7) is 6.88. The Balaban J connectivity index is 1.65. The second kappa shape index (κ2) is 5.86. The summed E-state index contributed by atoms with van der Waals surface area (Å²) in [5.41, 5.74) is 7.35. The molecule has 2 aromatic carbocycles. The summed E-state index contributed by atoms with van der Waals surface area (Å²) in [5, 5.41) is 3.46. The summed E-state index contributed by atoms with van der Waals surface area (Å²) in [7, 11) is 0. The molecular formula is C20H24N2. The van der Waals surface area contributed by atoms with E-state index in [1.165, 1.54) is 34.2 Å². The van der Waals surface area contributed by atoms with Crippen LogP contribution in [0.4, 0.5) is 0 Å². The van der Waals surface area contributed by atoms with Crippen LogP contribution in [-0.2, 0) is 6.42 Å². The third-order valence-electron chi connectivity index (χ3n) is 5.18. The van der Waals surface area contributed by atoms with Crippen LogP contribution in [0.25, 0.3) is 11.1 Å². The van der Waals surface area contributed by atoms with Crippen molar-refractivity contribution in [2.75, 3.05) is 26.2 Å². The van der Waals surface area contributed by atoms with E-state index in [4.69, 9.17) is 0 Å². The van der Waals surface area contributed by atoms with Gasteiger partial charge in [0.2, 0.25) is 0 Å². The Morgan fingerprint density at radius 3 is 2.59 bits per heavy atom. The highest BCUT2D eigenvalue weighted by atomic mass is 15.2. The van der Waals surface area contributed by atoms with Gasteiger partial charge in [-0.25, -0.2) is 0 Å². The van der Waals surface area contributed by atoms with Crippen LogP contribution in [0.5, 0.6) is 0 Å². The number of piperazine rings is 1. The van der Waals surface area contributed by atoms with Gasteiger partial charge >= 0.3 is 0 Å². The molecule has 1 aliphatic carbocycles. The zero-order valence-electron chi connectivity index (χ0n) is 13.3. The molecule has 22 heavy (non-hydrogen) atoms. The van der Waals surface area contributed by atoms with Crippen molar-refractivity contribution in [3.63, 3.8) is 0 Å². The lowest BCUT2D eigenvalue weighted by molar-refractivity contribution is 0.169. The number of nitrogens with one attached hydrogen (secondary N) is 1. The maximum Gasteiger partial charge on any atom is 0.0346 e. The van der Waals surface area contributed by atoms with E-state index >= 15 is 0 Å². The minimum absolute atomic E-state index is 0.566. The maximum atomic E-state index is 3.46. The number of fused-ring (bicyclic) bond motifs is 3. The van der Waals surface area contributed by atoms with Crippen LogP contribution in [0.1, 0.15) is 36.1 Å². The molecule has 1 N–H and O–H groups in total. The summed E-state index contributed by atoms with van der Waals surface area (Å²) < 4.78 is 0. The second-order valence-electron chi connectivity index (χ2n) is 6.46. The van der Waals surface area contributed by atoms with Gasteiger partial charge in [0.05, 0.1) is 0 Å². The molecular weight excluding hydrogens is 268 g/mol. The molecule has 0 radical (unpaired) electrons. The summed E-state index contributed by atoms with van der Waals surface area (Å²) in [5.74, 6) is 0. The molecule has 0 spiro atoms. The Bertz CT molecular complexity index is 671. The van der Waals surface area contributed by atoms with Crippen LogP contribution in [-0.4, -0.2) is 31.1 Å². The first kappa shape index (κ1) is 14.0. The van der Waals surface area contributed by atoms with Gasteiger partial charge in [-0.15, -0.1) is 0 Å². The summed E-state index contributed by atoms with van der Waals surface area (Å²) >= 11 is 0. The van der Waals surface area contributed by atoms with Crippen LogP contribution in [0.3, 0.4) is 0 Å². The molecule has 0 bridgehead atoms. The van der Waals surface area contributed by atoms with Crippen LogP contribution < -0.4 is 5.32 Å². The number of benzene rings is 2. The first-order valence-electron chi connectivity index (χ1n) is 8.52. The van der Waals surface area contributed by atoms with E-state index in [0.29, 0.717) is 6.04 Å². The van der Waals surface area contributed by atoms with Crippen molar-refractivity contribution in [2.24, 2.45) is 0 Å². The maximum absolute atomic E-state index is 3.46. The Morgan fingerprint density at radius 2 is 1.77 bits per heavy atom. The van der Waals surface area contributed by atoms with Gasteiger partial charge in [-0.05, 0) is 40.7 Å². The Morgan fingerprint density at radius 1 is 1.00 bits per heavy atom. The first-order valence-corrected chi connectivity index (χ1v) is 8.52. The fourth-order valence-corrected chi connectivity index (χ4v) is 4.07. The summed E-state index contributed by atoms with van der Waals surface area (Å²) in [6.07, 6.45) is 2.28. The van der Waals surface area contributed by atoms with E-state index in [0.717, 1.165) is 32.6 Å². The van der Waals surface area contributed by atoms with Crippen molar-refractivity contribution in [1.29, 1.82) is 0 Å². The second-order valence-corrected chi connectivity index (χ2v) is 6.46. The van der Waals surface area contributed by atoms with Crippen LogP contribution in [0.15, 0.2) is 42.5 Å². The lowest BCUT2D eigenvalue weighted by Gasteiger charge is -2.35. The average Bonchev–Trinajstić information content (AvgIpc) is 2.94. The van der Waals surface area contributed by atoms with E-state index in [1.54, 1.807) is 0 Å². The number of rotatable bonds is 3. The van der Waals surface area contributed by atoms with Crippen molar-refractivity contribution < 1.29 is 0 Å². The molecule has 1 aliphatic heterocycles. The Labute approximate surface area is 133 Å². The lowest BCUT2D eigenvalue weighted by atomic mass is 9.97. The van der Waals surface area contributed by atoms with Crippen LogP contribution in [0.2, 0.25) is 0 Å². The predicted octanol–water partition coefficient (Wildman–Crippen LogP) is 3.61. The molecule has 1 fully saturated rings. The fourth-order valence-electron chi connectivity index (χ4n) is 4.07. The minimum Gasteiger partial charge on any atom is -0.314 e. The molecule has 1 heterocycles. The van der Waals surface area contributed by atoms with Crippen molar-refractivity contribution in [1.82, 2.24) is 10.2 Å². The Kier molecular flexibility index (Phi) is 3.73. The third kappa shape index (κ3) is 2.37. The highest BCUT2D eigenvalue weighted by Crippen LogP contribution is 2.38. The standard InChI is InChI=1S/C20H24N2/c1-2-20(22-11-9-21-10-12-22)16-7-8-19-17(14-16)13-15-5-3-4-6-18(15)19/h3-8,14,20-21H,2,9-13H2,1H3/t20-/m1/s1. The third-order valence-corrected chi connectivity index (χ3v) is 5.18. The minimum atomic E-state index is 0.566. The summed E-state index contributed by atoms with van der Waals surface area (Å²) in [6, 6.07) is 16.6. The van der Waals surface area contributed by atoms with Gasteiger partial charge in [-0.1, -0.05) is 49.4 Å². The average molecular weight is 292 g/mol. The van der Waals surface area contributed by atoms with E-state index in [9.17, 15) is 0 Å². The first-order chi connectivity index (χ1) is 10.9. The van der Waals surface area contributed by atoms with Crippen molar-refractivity contribution in [3.8, 4) is 11.1 Å². The molecule has 0 saturated carbocycles. The lowest BCUT2D eigenvalue weighted by Crippen LogP contribution is -2.45. The SMILES string of the molecule is CC[C@H](c1ccc2c(c1)Cc1ccccc1-2)N1CCNCC1. The van der Waals surface area contributed by atoms with E-state index in [2.05, 4.69) is 59.6 Å². The fraction of sp³-hybridized carbons (Fsp3) is 0.400. The van der Waals surface area contributed by atoms with E-state index in [-0.39, 0.29) is 0 Å². The number of nitrogens with zero attached hydrogens (tertiary/aromatic N) is 1. The van der Waals surface area contributed by atoms with Crippen molar-refractivity contribution in [3.05, 3.63) is 59.2 Å². The van der Waals surface area contributed by atoms with Crippen LogP contribution >= 0.6 is 0 Å². The highest BCUT2D eigenvalue weighted by Gasteiger charge is 2.23. The number of hydrogen-bond acceptors (Lipinski definition) is 2. The molecule has 114 valence electrons. The molecule has 2 aliphatic rings. The van der Waals surface area contributed by atoms with E-state index in [1.807, 2.05) is 0 Å². The Hall–Kier alpha value is -1.64. The number of hydrogen-bond donors (Lipinski definition) is 1. The quantitative estimate of drug-likeness (QED) is 0.793. The largest absolute Gasteiger partial charge is 0.314 e. The molecule has 0 aromatic heterocycles. The molecule has 0 amide bonds. The molecule has 4 rings (SSSR count). The van der Waals surface area contributed by atoms with Crippen LogP contribution in [0, 0.1) is 0 Å². The predicted molar refractivity (Wildman–Crippen MR) is 92.2 cm³/mol. The molecule has 2 aromatic rings. The van der Waals surface area contributed by atoms with Crippen molar-refractivity contribution >= 4 is 0 Å². The smallest absolute Gasteiger partial charge is 0.0346 e. The molecule has 1 atom stereocenters. The van der Waals surface area contributed by atoms with Gasteiger partial charge in [0.1, 0.15) is 0 Å². The zero-order chi connectivity index (χ0) is 14.9. The molecule has 0 unspecified atom stereocenters. The van der Waals surface area contributed by atoms with E-state index < -0.39 is 0 Å². The highest BCUT2D eigenvalue weighted by molar-refractivity contribution is 5.77. The zero-order valence-corrected chi connectivity index (χ0v) is 13.3. The van der Waals surface area contributed by atoms with Gasteiger partial charge in [-0.2, -0.15) is 0 Å². The van der Waals surface area contributed by atoms with Gasteiger partial charge in [0.15, 0.2) is 0 Å². The van der Waals surface area contributed by atoms with Gasteiger partial charge in [0, 0.05) is 32.2 Å². The normalized spacial score (nSPS) is 18.8. The molecule has 2 nitrogen and oxygen atoms in total. The summed E-state index contributed by atoms with van der Waals surface area (Å²) in [4.78, 5) is 2.64. The topological polar surface area (TPSA) is 15.3 Å². The van der Waals surface area contributed by atoms with Gasteiger partial charge in [-0.3, -0.25) is 4.90 Å².